The number of hydrogen-bond acceptors (Lipinski definition) is 4. The van der Waals surface area contributed by atoms with Gasteiger partial charge >= 0.3 is 0 Å². The summed E-state index contributed by atoms with van der Waals surface area (Å²) in [7, 11) is -2.08. The van der Waals surface area contributed by atoms with Crippen LogP contribution in [0.1, 0.15) is 26.2 Å². The summed E-state index contributed by atoms with van der Waals surface area (Å²) in [5.74, 6) is -0.0447. The summed E-state index contributed by atoms with van der Waals surface area (Å²) in [5, 5.41) is 2.84. The van der Waals surface area contributed by atoms with Crippen LogP contribution in [0.15, 0.2) is 41.3 Å². The molecule has 24 heavy (non-hydrogen) atoms. The van der Waals surface area contributed by atoms with Crippen molar-refractivity contribution in [2.45, 2.75) is 37.1 Å². The zero-order valence-electron chi connectivity index (χ0n) is 14.0. The third-order valence-corrected chi connectivity index (χ3v) is 5.45. The first-order valence-corrected chi connectivity index (χ1v) is 9.48. The summed E-state index contributed by atoms with van der Waals surface area (Å²) in [6.45, 7) is 2.03. The lowest BCUT2D eigenvalue weighted by atomic mass is 9.93. The lowest BCUT2D eigenvalue weighted by molar-refractivity contribution is -0.120. The molecule has 1 amide bonds. The highest BCUT2D eigenvalue weighted by Gasteiger charge is 2.20. The SMILES string of the molecule is COCC(C)NS(=O)(=O)c1ccc(NC(=O)C2CC=CCC2)cc1. The predicted octanol–water partition coefficient (Wildman–Crippen LogP) is 2.29. The smallest absolute Gasteiger partial charge is 0.240 e. The quantitative estimate of drug-likeness (QED) is 0.738. The molecule has 0 bridgehead atoms. The van der Waals surface area contributed by atoms with E-state index in [0.29, 0.717) is 12.3 Å². The normalized spacial score (nSPS) is 19.0. The molecule has 0 aliphatic heterocycles. The van der Waals surface area contributed by atoms with Gasteiger partial charge in [0, 0.05) is 24.8 Å². The third kappa shape index (κ3) is 5.15. The molecule has 6 nitrogen and oxygen atoms in total. The van der Waals surface area contributed by atoms with E-state index in [9.17, 15) is 13.2 Å². The fourth-order valence-electron chi connectivity index (χ4n) is 2.61. The maximum atomic E-state index is 12.2. The largest absolute Gasteiger partial charge is 0.383 e. The van der Waals surface area contributed by atoms with Gasteiger partial charge in [0.2, 0.25) is 15.9 Å². The minimum absolute atomic E-state index is 0.0185. The number of sulfonamides is 1. The highest BCUT2D eigenvalue weighted by molar-refractivity contribution is 7.89. The molecule has 0 heterocycles. The molecule has 2 rings (SSSR count). The van der Waals surface area contributed by atoms with Crippen LogP contribution >= 0.6 is 0 Å². The number of hydrogen-bond donors (Lipinski definition) is 2. The van der Waals surface area contributed by atoms with Crippen LogP contribution in [-0.2, 0) is 19.6 Å². The Morgan fingerprint density at radius 1 is 1.29 bits per heavy atom. The number of allylic oxidation sites excluding steroid dienone is 2. The van der Waals surface area contributed by atoms with Gasteiger partial charge in [-0.05, 0) is 50.5 Å². The molecular formula is C17H24N2O4S. The van der Waals surface area contributed by atoms with E-state index in [0.717, 1.165) is 19.3 Å². The summed E-state index contributed by atoms with van der Waals surface area (Å²) in [5.41, 5.74) is 0.596. The number of nitrogens with one attached hydrogen (secondary N) is 2. The number of methoxy groups -OCH3 is 1. The minimum atomic E-state index is -3.60. The highest BCUT2D eigenvalue weighted by atomic mass is 32.2. The number of amides is 1. The Bertz CT molecular complexity index is 683. The maximum absolute atomic E-state index is 12.2. The Labute approximate surface area is 143 Å². The molecule has 7 heteroatoms. The first-order chi connectivity index (χ1) is 11.4. The number of carbonyl (C=O) groups excluding carboxylic acids is 1. The molecule has 0 spiro atoms. The van der Waals surface area contributed by atoms with Gasteiger partial charge in [-0.1, -0.05) is 12.2 Å². The van der Waals surface area contributed by atoms with Crippen molar-refractivity contribution in [2.75, 3.05) is 19.0 Å². The van der Waals surface area contributed by atoms with Crippen LogP contribution in [0.3, 0.4) is 0 Å². The van der Waals surface area contributed by atoms with Crippen molar-refractivity contribution in [3.05, 3.63) is 36.4 Å². The van der Waals surface area contributed by atoms with E-state index in [1.54, 1.807) is 19.1 Å². The molecule has 0 aromatic heterocycles. The second-order valence-corrected chi connectivity index (χ2v) is 7.69. The molecule has 1 aliphatic rings. The van der Waals surface area contributed by atoms with E-state index < -0.39 is 10.0 Å². The van der Waals surface area contributed by atoms with Gasteiger partial charge in [0.25, 0.3) is 0 Å². The van der Waals surface area contributed by atoms with Crippen LogP contribution in [0.25, 0.3) is 0 Å². The van der Waals surface area contributed by atoms with Gasteiger partial charge < -0.3 is 10.1 Å². The fourth-order valence-corrected chi connectivity index (χ4v) is 3.84. The van der Waals surface area contributed by atoms with Crippen molar-refractivity contribution >= 4 is 21.6 Å². The first kappa shape index (κ1) is 18.6. The summed E-state index contributed by atoms with van der Waals surface area (Å²) < 4.78 is 31.9. The molecule has 1 aromatic rings. The van der Waals surface area contributed by atoms with E-state index in [2.05, 4.69) is 16.1 Å². The lowest BCUT2D eigenvalue weighted by Gasteiger charge is -2.17. The number of carbonyl (C=O) groups is 1. The summed E-state index contributed by atoms with van der Waals surface area (Å²) >= 11 is 0. The van der Waals surface area contributed by atoms with Gasteiger partial charge in [0.05, 0.1) is 11.5 Å². The zero-order chi connectivity index (χ0) is 17.6. The molecule has 2 N–H and O–H groups in total. The average Bonchev–Trinajstić information content (AvgIpc) is 2.56. The van der Waals surface area contributed by atoms with Gasteiger partial charge in [-0.25, -0.2) is 13.1 Å². The summed E-state index contributed by atoms with van der Waals surface area (Å²) in [6, 6.07) is 5.85. The van der Waals surface area contributed by atoms with Crippen molar-refractivity contribution in [1.82, 2.24) is 4.72 Å². The Morgan fingerprint density at radius 2 is 2.00 bits per heavy atom. The maximum Gasteiger partial charge on any atom is 0.240 e. The first-order valence-electron chi connectivity index (χ1n) is 7.99. The zero-order valence-corrected chi connectivity index (χ0v) is 14.8. The molecular weight excluding hydrogens is 328 g/mol. The molecule has 1 aliphatic carbocycles. The minimum Gasteiger partial charge on any atom is -0.383 e. The van der Waals surface area contributed by atoms with Crippen molar-refractivity contribution in [3.63, 3.8) is 0 Å². The predicted molar refractivity (Wildman–Crippen MR) is 93.2 cm³/mol. The number of benzene rings is 1. The van der Waals surface area contributed by atoms with Crippen molar-refractivity contribution in [1.29, 1.82) is 0 Å². The van der Waals surface area contributed by atoms with Crippen LogP contribution in [0.5, 0.6) is 0 Å². The molecule has 0 fully saturated rings. The Kier molecular flexibility index (Phi) is 6.53. The monoisotopic (exact) mass is 352 g/mol. The summed E-state index contributed by atoms with van der Waals surface area (Å²) in [4.78, 5) is 12.3. The second-order valence-electron chi connectivity index (χ2n) is 5.97. The number of ether oxygens (including phenoxy) is 1. The molecule has 0 saturated heterocycles. The van der Waals surface area contributed by atoms with E-state index >= 15 is 0 Å². The average molecular weight is 352 g/mol. The van der Waals surface area contributed by atoms with Crippen LogP contribution in [0.4, 0.5) is 5.69 Å². The van der Waals surface area contributed by atoms with Crippen LogP contribution in [0.2, 0.25) is 0 Å². The summed E-state index contributed by atoms with van der Waals surface area (Å²) in [6.07, 6.45) is 6.62. The third-order valence-electron chi connectivity index (χ3n) is 3.85. The van der Waals surface area contributed by atoms with Crippen molar-refractivity contribution < 1.29 is 17.9 Å². The van der Waals surface area contributed by atoms with Gasteiger partial charge in [-0.15, -0.1) is 0 Å². The van der Waals surface area contributed by atoms with Crippen molar-refractivity contribution in [2.24, 2.45) is 5.92 Å². The molecule has 132 valence electrons. The van der Waals surface area contributed by atoms with Crippen molar-refractivity contribution in [3.8, 4) is 0 Å². The number of anilines is 1. The number of rotatable bonds is 7. The van der Waals surface area contributed by atoms with E-state index in [-0.39, 0.29) is 22.8 Å². The van der Waals surface area contributed by atoms with E-state index in [4.69, 9.17) is 4.74 Å². The van der Waals surface area contributed by atoms with E-state index in [1.807, 2.05) is 6.08 Å². The molecule has 2 unspecified atom stereocenters. The Balaban J connectivity index is 1.99. The Hall–Kier alpha value is -1.70. The molecule has 0 saturated carbocycles. The molecule has 0 radical (unpaired) electrons. The topological polar surface area (TPSA) is 84.5 Å². The standard InChI is InChI=1S/C17H24N2O4S/c1-13(12-23-2)19-24(21,22)16-10-8-15(9-11-16)18-17(20)14-6-4-3-5-7-14/h3-4,8-11,13-14,19H,5-7,12H2,1-2H3,(H,18,20). The molecule has 1 aromatic carbocycles. The fraction of sp³-hybridized carbons (Fsp3) is 0.471. The highest BCUT2D eigenvalue weighted by Crippen LogP contribution is 2.21. The Morgan fingerprint density at radius 3 is 2.58 bits per heavy atom. The van der Waals surface area contributed by atoms with Gasteiger partial charge in [0.1, 0.15) is 0 Å². The van der Waals surface area contributed by atoms with Gasteiger partial charge in [0.15, 0.2) is 0 Å². The van der Waals surface area contributed by atoms with E-state index in [1.165, 1.54) is 19.2 Å². The lowest BCUT2D eigenvalue weighted by Crippen LogP contribution is -2.35. The van der Waals surface area contributed by atoms with Crippen LogP contribution in [0, 0.1) is 5.92 Å². The van der Waals surface area contributed by atoms with Crippen LogP contribution < -0.4 is 10.0 Å². The van der Waals surface area contributed by atoms with Crippen LogP contribution in [-0.4, -0.2) is 34.1 Å². The molecule has 2 atom stereocenters. The van der Waals surface area contributed by atoms with Gasteiger partial charge in [-0.2, -0.15) is 0 Å². The second kappa shape index (κ2) is 8.41. The van der Waals surface area contributed by atoms with Gasteiger partial charge in [-0.3, -0.25) is 4.79 Å².